The van der Waals surface area contributed by atoms with E-state index in [-0.39, 0.29) is 6.04 Å². The van der Waals surface area contributed by atoms with Gasteiger partial charge in [0.15, 0.2) is 0 Å². The van der Waals surface area contributed by atoms with Crippen LogP contribution in [-0.4, -0.2) is 0 Å². The summed E-state index contributed by atoms with van der Waals surface area (Å²) in [5.74, 6) is 0. The van der Waals surface area contributed by atoms with E-state index in [2.05, 4.69) is 36.4 Å². The van der Waals surface area contributed by atoms with Gasteiger partial charge in [0.25, 0.3) is 0 Å². The molecule has 0 saturated heterocycles. The molecule has 0 aliphatic heterocycles. The number of unbranched alkanes of at least 4 members (excludes halogenated alkanes) is 1. The summed E-state index contributed by atoms with van der Waals surface area (Å²) in [6.07, 6.45) is 2.97. The molecule has 2 nitrogen and oxygen atoms in total. The summed E-state index contributed by atoms with van der Waals surface area (Å²) in [5, 5.41) is 3.25. The van der Waals surface area contributed by atoms with Crippen LogP contribution in [0.3, 0.4) is 0 Å². The molecule has 98 valence electrons. The van der Waals surface area contributed by atoms with Crippen LogP contribution in [0, 0.1) is 4.91 Å². The molecular formula is C17H19NO. The van der Waals surface area contributed by atoms with Crippen molar-refractivity contribution in [3.63, 3.8) is 0 Å². The SMILES string of the molecule is CCCCC(N=O)c1ccc(-c2ccccc2)cc1. The van der Waals surface area contributed by atoms with Crippen LogP contribution in [0.1, 0.15) is 37.8 Å². The Kier molecular flexibility index (Phi) is 4.85. The molecule has 0 spiro atoms. The van der Waals surface area contributed by atoms with E-state index in [1.807, 2.05) is 30.3 Å². The van der Waals surface area contributed by atoms with E-state index in [0.29, 0.717) is 0 Å². The Morgan fingerprint density at radius 3 is 2.16 bits per heavy atom. The second kappa shape index (κ2) is 6.83. The largest absolute Gasteiger partial charge is 0.150 e. The molecule has 2 aromatic carbocycles. The van der Waals surface area contributed by atoms with Crippen molar-refractivity contribution >= 4 is 0 Å². The van der Waals surface area contributed by atoms with Crippen molar-refractivity contribution in [3.05, 3.63) is 65.1 Å². The molecule has 0 aliphatic rings. The molecule has 0 fully saturated rings. The summed E-state index contributed by atoms with van der Waals surface area (Å²) in [5.41, 5.74) is 3.38. The predicted molar refractivity (Wildman–Crippen MR) is 79.9 cm³/mol. The fourth-order valence-electron chi connectivity index (χ4n) is 2.21. The number of nitrogens with zero attached hydrogens (tertiary/aromatic N) is 1. The van der Waals surface area contributed by atoms with Crippen LogP contribution in [0.15, 0.2) is 59.8 Å². The molecule has 0 amide bonds. The third-order valence-electron chi connectivity index (χ3n) is 3.36. The predicted octanol–water partition coefficient (Wildman–Crippen LogP) is 5.35. The highest BCUT2D eigenvalue weighted by atomic mass is 16.3. The van der Waals surface area contributed by atoms with Crippen molar-refractivity contribution in [2.45, 2.75) is 32.2 Å². The Labute approximate surface area is 114 Å². The van der Waals surface area contributed by atoms with Gasteiger partial charge in [0.1, 0.15) is 6.04 Å². The van der Waals surface area contributed by atoms with Gasteiger partial charge in [0, 0.05) is 0 Å². The van der Waals surface area contributed by atoms with Gasteiger partial charge in [-0.3, -0.25) is 0 Å². The van der Waals surface area contributed by atoms with Gasteiger partial charge in [-0.15, -0.1) is 0 Å². The molecule has 0 aromatic heterocycles. The minimum Gasteiger partial charge on any atom is -0.150 e. The number of hydrogen-bond acceptors (Lipinski definition) is 2. The highest BCUT2D eigenvalue weighted by Crippen LogP contribution is 2.26. The van der Waals surface area contributed by atoms with Crippen molar-refractivity contribution in [1.29, 1.82) is 0 Å². The molecule has 1 atom stereocenters. The standard InChI is InChI=1S/C17H19NO/c1-2-3-9-17(18-19)16-12-10-15(11-13-16)14-7-5-4-6-8-14/h4-8,10-13,17H,2-3,9H2,1H3. The summed E-state index contributed by atoms with van der Waals surface area (Å²) in [6.45, 7) is 2.13. The second-order valence-electron chi connectivity index (χ2n) is 4.75. The van der Waals surface area contributed by atoms with E-state index >= 15 is 0 Å². The van der Waals surface area contributed by atoms with Crippen molar-refractivity contribution in [3.8, 4) is 11.1 Å². The molecule has 0 radical (unpaired) electrons. The van der Waals surface area contributed by atoms with Gasteiger partial charge in [-0.25, -0.2) is 0 Å². The average Bonchev–Trinajstić information content (AvgIpc) is 2.49. The maximum absolute atomic E-state index is 10.9. The third-order valence-corrected chi connectivity index (χ3v) is 3.36. The van der Waals surface area contributed by atoms with Crippen LogP contribution in [0.4, 0.5) is 0 Å². The van der Waals surface area contributed by atoms with Gasteiger partial charge < -0.3 is 0 Å². The Hall–Kier alpha value is -1.96. The minimum absolute atomic E-state index is 0.204. The zero-order valence-electron chi connectivity index (χ0n) is 11.3. The van der Waals surface area contributed by atoms with Crippen LogP contribution >= 0.6 is 0 Å². The molecule has 0 saturated carbocycles. The van der Waals surface area contributed by atoms with Crippen molar-refractivity contribution < 1.29 is 0 Å². The number of rotatable bonds is 6. The lowest BCUT2D eigenvalue weighted by molar-refractivity contribution is 0.602. The number of benzene rings is 2. The first-order chi connectivity index (χ1) is 9.35. The molecule has 0 bridgehead atoms. The van der Waals surface area contributed by atoms with Crippen LogP contribution in [0.25, 0.3) is 11.1 Å². The zero-order chi connectivity index (χ0) is 13.5. The van der Waals surface area contributed by atoms with Crippen LogP contribution in [0.2, 0.25) is 0 Å². The van der Waals surface area contributed by atoms with Crippen molar-refractivity contribution in [1.82, 2.24) is 0 Å². The molecule has 2 heteroatoms. The molecule has 2 rings (SSSR count). The highest BCUT2D eigenvalue weighted by Gasteiger charge is 2.10. The Morgan fingerprint density at radius 2 is 1.58 bits per heavy atom. The second-order valence-corrected chi connectivity index (χ2v) is 4.75. The first-order valence-electron chi connectivity index (χ1n) is 6.83. The molecule has 0 aliphatic carbocycles. The summed E-state index contributed by atoms with van der Waals surface area (Å²) in [7, 11) is 0. The lowest BCUT2D eigenvalue weighted by Gasteiger charge is -2.09. The summed E-state index contributed by atoms with van der Waals surface area (Å²) < 4.78 is 0. The first-order valence-corrected chi connectivity index (χ1v) is 6.83. The van der Waals surface area contributed by atoms with Gasteiger partial charge in [0.2, 0.25) is 0 Å². The highest BCUT2D eigenvalue weighted by molar-refractivity contribution is 5.63. The maximum atomic E-state index is 10.9. The quantitative estimate of drug-likeness (QED) is 0.638. The molecule has 0 N–H and O–H groups in total. The Bertz CT molecular complexity index is 505. The molecule has 0 heterocycles. The van der Waals surface area contributed by atoms with E-state index in [1.165, 1.54) is 11.1 Å². The third kappa shape index (κ3) is 3.50. The van der Waals surface area contributed by atoms with E-state index in [9.17, 15) is 4.91 Å². The Morgan fingerprint density at radius 1 is 0.947 bits per heavy atom. The topological polar surface area (TPSA) is 29.4 Å². The average molecular weight is 253 g/mol. The lowest BCUT2D eigenvalue weighted by Crippen LogP contribution is -1.94. The van der Waals surface area contributed by atoms with Crippen LogP contribution < -0.4 is 0 Å². The minimum atomic E-state index is -0.204. The fourth-order valence-corrected chi connectivity index (χ4v) is 2.21. The monoisotopic (exact) mass is 253 g/mol. The molecule has 2 aromatic rings. The zero-order valence-corrected chi connectivity index (χ0v) is 11.3. The normalized spacial score (nSPS) is 12.1. The van der Waals surface area contributed by atoms with Gasteiger partial charge in [-0.05, 0) is 23.1 Å². The summed E-state index contributed by atoms with van der Waals surface area (Å²) >= 11 is 0. The van der Waals surface area contributed by atoms with Gasteiger partial charge in [0.05, 0.1) is 0 Å². The molecule has 1 unspecified atom stereocenters. The van der Waals surface area contributed by atoms with Gasteiger partial charge in [-0.1, -0.05) is 79.5 Å². The Balaban J connectivity index is 2.15. The number of hydrogen-bond donors (Lipinski definition) is 0. The van der Waals surface area contributed by atoms with Gasteiger partial charge >= 0.3 is 0 Å². The van der Waals surface area contributed by atoms with E-state index in [0.717, 1.165) is 24.8 Å². The lowest BCUT2D eigenvalue weighted by atomic mass is 9.98. The molecular weight excluding hydrogens is 234 g/mol. The van der Waals surface area contributed by atoms with E-state index < -0.39 is 0 Å². The van der Waals surface area contributed by atoms with Crippen molar-refractivity contribution in [2.75, 3.05) is 0 Å². The fraction of sp³-hybridized carbons (Fsp3) is 0.294. The molecule has 19 heavy (non-hydrogen) atoms. The summed E-state index contributed by atoms with van der Waals surface area (Å²) in [4.78, 5) is 10.9. The maximum Gasteiger partial charge on any atom is 0.117 e. The van der Waals surface area contributed by atoms with Crippen LogP contribution in [0.5, 0.6) is 0 Å². The van der Waals surface area contributed by atoms with E-state index in [4.69, 9.17) is 0 Å². The van der Waals surface area contributed by atoms with Crippen molar-refractivity contribution in [2.24, 2.45) is 5.18 Å². The summed E-state index contributed by atoms with van der Waals surface area (Å²) in [6, 6.07) is 18.2. The smallest absolute Gasteiger partial charge is 0.117 e. The number of nitroso groups, excluding NO2 is 1. The van der Waals surface area contributed by atoms with Crippen LogP contribution in [-0.2, 0) is 0 Å². The first kappa shape index (κ1) is 13.5. The van der Waals surface area contributed by atoms with E-state index in [1.54, 1.807) is 0 Å². The van der Waals surface area contributed by atoms with Gasteiger partial charge in [-0.2, -0.15) is 4.91 Å².